The van der Waals surface area contributed by atoms with E-state index in [1.807, 2.05) is 0 Å². The fraction of sp³-hybridized carbons (Fsp3) is 0.538. The van der Waals surface area contributed by atoms with E-state index in [1.54, 1.807) is 24.1 Å². The number of piperazine rings is 1. The van der Waals surface area contributed by atoms with Crippen LogP contribution >= 0.6 is 11.6 Å². The lowest BCUT2D eigenvalue weighted by Crippen LogP contribution is -2.46. The highest BCUT2D eigenvalue weighted by molar-refractivity contribution is 6.30. The number of rotatable bonds is 4. The lowest BCUT2D eigenvalue weighted by atomic mass is 10.3. The van der Waals surface area contributed by atoms with Crippen molar-refractivity contribution in [3.63, 3.8) is 0 Å². The van der Waals surface area contributed by atoms with Crippen molar-refractivity contribution in [3.05, 3.63) is 29.0 Å². The summed E-state index contributed by atoms with van der Waals surface area (Å²) in [7, 11) is 1.81. The molecule has 1 aliphatic rings. The Hall–Kier alpha value is -1.17. The molecule has 1 fully saturated rings. The summed E-state index contributed by atoms with van der Waals surface area (Å²) in [6.07, 6.45) is 1.50. The zero-order valence-corrected chi connectivity index (χ0v) is 11.9. The summed E-state index contributed by atoms with van der Waals surface area (Å²) in [6, 6.07) is 3.35. The molecular formula is C13H19ClN4O. The number of aromatic nitrogens is 1. The Labute approximate surface area is 118 Å². The van der Waals surface area contributed by atoms with Crippen molar-refractivity contribution in [1.29, 1.82) is 0 Å². The van der Waals surface area contributed by atoms with Crippen LogP contribution in [0, 0.1) is 0 Å². The SMILES string of the molecule is CN(CCN1CCNCC1)C(=O)c1ccc(Cl)cn1. The van der Waals surface area contributed by atoms with Gasteiger partial charge in [0.25, 0.3) is 5.91 Å². The molecule has 0 aliphatic carbocycles. The Morgan fingerprint density at radius 3 is 2.84 bits per heavy atom. The molecule has 1 saturated heterocycles. The number of carbonyl (C=O) groups is 1. The topological polar surface area (TPSA) is 48.5 Å². The molecule has 19 heavy (non-hydrogen) atoms. The Kier molecular flexibility index (Phi) is 5.13. The fourth-order valence-corrected chi connectivity index (χ4v) is 2.14. The van der Waals surface area contributed by atoms with Crippen LogP contribution in [0.2, 0.25) is 5.02 Å². The summed E-state index contributed by atoms with van der Waals surface area (Å²) in [5.74, 6) is -0.0631. The monoisotopic (exact) mass is 282 g/mol. The predicted octanol–water partition coefficient (Wildman–Crippen LogP) is 0.712. The molecule has 0 radical (unpaired) electrons. The first-order chi connectivity index (χ1) is 9.16. The molecule has 0 bridgehead atoms. The minimum atomic E-state index is -0.0631. The number of hydrogen-bond donors (Lipinski definition) is 1. The minimum Gasteiger partial charge on any atom is -0.339 e. The van der Waals surface area contributed by atoms with Crippen LogP contribution in [0.1, 0.15) is 10.5 Å². The maximum Gasteiger partial charge on any atom is 0.272 e. The van der Waals surface area contributed by atoms with Gasteiger partial charge in [-0.2, -0.15) is 0 Å². The van der Waals surface area contributed by atoms with Crippen LogP contribution < -0.4 is 5.32 Å². The number of nitrogens with zero attached hydrogens (tertiary/aromatic N) is 3. The van der Waals surface area contributed by atoms with Crippen LogP contribution in [0.25, 0.3) is 0 Å². The van der Waals surface area contributed by atoms with Gasteiger partial charge < -0.3 is 10.2 Å². The van der Waals surface area contributed by atoms with E-state index in [0.717, 1.165) is 32.7 Å². The number of hydrogen-bond acceptors (Lipinski definition) is 4. The second kappa shape index (κ2) is 6.84. The van der Waals surface area contributed by atoms with Crippen molar-refractivity contribution in [3.8, 4) is 0 Å². The van der Waals surface area contributed by atoms with Gasteiger partial charge in [0, 0.05) is 52.5 Å². The molecule has 1 amide bonds. The van der Waals surface area contributed by atoms with Crippen LogP contribution in [-0.4, -0.2) is 67.0 Å². The molecule has 0 spiro atoms. The van der Waals surface area contributed by atoms with Crippen molar-refractivity contribution in [1.82, 2.24) is 20.1 Å². The quantitative estimate of drug-likeness (QED) is 0.884. The first-order valence-electron chi connectivity index (χ1n) is 6.47. The van der Waals surface area contributed by atoms with Crippen molar-refractivity contribution in [2.45, 2.75) is 0 Å². The summed E-state index contributed by atoms with van der Waals surface area (Å²) in [6.45, 7) is 5.75. The number of carbonyl (C=O) groups excluding carboxylic acids is 1. The van der Waals surface area contributed by atoms with Gasteiger partial charge in [-0.05, 0) is 12.1 Å². The molecule has 1 aromatic rings. The summed E-state index contributed by atoms with van der Waals surface area (Å²) in [4.78, 5) is 20.2. The summed E-state index contributed by atoms with van der Waals surface area (Å²) < 4.78 is 0. The molecule has 2 heterocycles. The molecule has 1 aliphatic heterocycles. The molecule has 1 N–H and O–H groups in total. The lowest BCUT2D eigenvalue weighted by molar-refractivity contribution is 0.0769. The zero-order chi connectivity index (χ0) is 13.7. The third-order valence-electron chi connectivity index (χ3n) is 3.25. The van der Waals surface area contributed by atoms with Crippen molar-refractivity contribution >= 4 is 17.5 Å². The Morgan fingerprint density at radius 1 is 1.47 bits per heavy atom. The zero-order valence-electron chi connectivity index (χ0n) is 11.1. The molecule has 0 saturated carbocycles. The van der Waals surface area contributed by atoms with E-state index < -0.39 is 0 Å². The second-order valence-electron chi connectivity index (χ2n) is 4.68. The summed E-state index contributed by atoms with van der Waals surface area (Å²) >= 11 is 5.76. The van der Waals surface area contributed by atoms with Gasteiger partial charge in [0.05, 0.1) is 5.02 Å². The van der Waals surface area contributed by atoms with Crippen LogP contribution in [0.3, 0.4) is 0 Å². The van der Waals surface area contributed by atoms with E-state index in [0.29, 0.717) is 17.3 Å². The van der Waals surface area contributed by atoms with Gasteiger partial charge in [-0.1, -0.05) is 11.6 Å². The van der Waals surface area contributed by atoms with Crippen molar-refractivity contribution in [2.24, 2.45) is 0 Å². The Morgan fingerprint density at radius 2 is 2.21 bits per heavy atom. The van der Waals surface area contributed by atoms with Gasteiger partial charge in [-0.15, -0.1) is 0 Å². The normalized spacial score (nSPS) is 16.3. The van der Waals surface area contributed by atoms with Gasteiger partial charge in [0.15, 0.2) is 0 Å². The molecule has 5 nitrogen and oxygen atoms in total. The van der Waals surface area contributed by atoms with Crippen LogP contribution in [0.15, 0.2) is 18.3 Å². The number of amides is 1. The van der Waals surface area contributed by atoms with E-state index in [1.165, 1.54) is 6.20 Å². The molecular weight excluding hydrogens is 264 g/mol. The maximum absolute atomic E-state index is 12.1. The van der Waals surface area contributed by atoms with Crippen LogP contribution in [-0.2, 0) is 0 Å². The number of pyridine rings is 1. The van der Waals surface area contributed by atoms with E-state index >= 15 is 0 Å². The standard InChI is InChI=1S/C13H19ClN4O/c1-17(8-9-18-6-4-15-5-7-18)13(19)12-3-2-11(14)10-16-12/h2-3,10,15H,4-9H2,1H3. The Bertz CT molecular complexity index is 417. The number of halogens is 1. The number of nitrogens with one attached hydrogen (secondary N) is 1. The van der Waals surface area contributed by atoms with Crippen LogP contribution in [0.4, 0.5) is 0 Å². The van der Waals surface area contributed by atoms with Crippen LogP contribution in [0.5, 0.6) is 0 Å². The smallest absolute Gasteiger partial charge is 0.272 e. The van der Waals surface area contributed by atoms with Gasteiger partial charge >= 0.3 is 0 Å². The highest BCUT2D eigenvalue weighted by Gasteiger charge is 2.15. The van der Waals surface area contributed by atoms with Crippen molar-refractivity contribution < 1.29 is 4.79 Å². The molecule has 104 valence electrons. The van der Waals surface area contributed by atoms with E-state index in [2.05, 4.69) is 15.2 Å². The highest BCUT2D eigenvalue weighted by Crippen LogP contribution is 2.07. The summed E-state index contributed by atoms with van der Waals surface area (Å²) in [5.41, 5.74) is 0.437. The molecule has 6 heteroatoms. The molecule has 1 aromatic heterocycles. The highest BCUT2D eigenvalue weighted by atomic mass is 35.5. The molecule has 0 aromatic carbocycles. The number of likely N-dealkylation sites (N-methyl/N-ethyl adjacent to an activating group) is 1. The maximum atomic E-state index is 12.1. The minimum absolute atomic E-state index is 0.0631. The van der Waals surface area contributed by atoms with Gasteiger partial charge in [-0.25, -0.2) is 4.98 Å². The Balaban J connectivity index is 1.83. The first kappa shape index (κ1) is 14.2. The third kappa shape index (κ3) is 4.16. The summed E-state index contributed by atoms with van der Waals surface area (Å²) in [5, 5.41) is 3.85. The molecule has 2 rings (SSSR count). The van der Waals surface area contributed by atoms with Gasteiger partial charge in [0.2, 0.25) is 0 Å². The molecule has 0 atom stereocenters. The van der Waals surface area contributed by atoms with Gasteiger partial charge in [-0.3, -0.25) is 9.69 Å². The van der Waals surface area contributed by atoms with E-state index in [9.17, 15) is 4.79 Å². The third-order valence-corrected chi connectivity index (χ3v) is 3.48. The molecule has 0 unspecified atom stereocenters. The first-order valence-corrected chi connectivity index (χ1v) is 6.85. The second-order valence-corrected chi connectivity index (χ2v) is 5.12. The van der Waals surface area contributed by atoms with Gasteiger partial charge in [0.1, 0.15) is 5.69 Å². The fourth-order valence-electron chi connectivity index (χ4n) is 2.03. The average Bonchev–Trinajstić information content (AvgIpc) is 2.46. The van der Waals surface area contributed by atoms with E-state index in [4.69, 9.17) is 11.6 Å². The van der Waals surface area contributed by atoms with Crippen molar-refractivity contribution in [2.75, 3.05) is 46.3 Å². The van der Waals surface area contributed by atoms with E-state index in [-0.39, 0.29) is 5.91 Å². The average molecular weight is 283 g/mol. The largest absolute Gasteiger partial charge is 0.339 e. The lowest BCUT2D eigenvalue weighted by Gasteiger charge is -2.29. The predicted molar refractivity (Wildman–Crippen MR) is 75.5 cm³/mol.